The van der Waals surface area contributed by atoms with Crippen LogP contribution in [0.4, 0.5) is 14.5 Å². The molecule has 0 spiro atoms. The van der Waals surface area contributed by atoms with Gasteiger partial charge in [-0.05, 0) is 37.8 Å². The molecule has 0 amide bonds. The van der Waals surface area contributed by atoms with Crippen LogP contribution in [0, 0.1) is 11.6 Å². The number of rotatable bonds is 5. The number of nitrogens with zero attached hydrogens (tertiary/aromatic N) is 4. The largest absolute Gasteiger partial charge is 0.760 e. The molecule has 1 saturated heterocycles. The van der Waals surface area contributed by atoms with Crippen LogP contribution in [0.5, 0.6) is 5.75 Å². The van der Waals surface area contributed by atoms with E-state index in [-0.39, 0.29) is 30.6 Å². The van der Waals surface area contributed by atoms with E-state index >= 15 is 0 Å². The molecule has 4 rings (SSSR count). The molecule has 31 heavy (non-hydrogen) atoms. The molecule has 0 N–H and O–H groups in total. The van der Waals surface area contributed by atoms with Gasteiger partial charge in [0.1, 0.15) is 17.3 Å². The number of ether oxygens (including phenoxy) is 1. The normalized spacial score (nSPS) is 19.4. The summed E-state index contributed by atoms with van der Waals surface area (Å²) in [6.45, 7) is 1.29. The van der Waals surface area contributed by atoms with Gasteiger partial charge in [0.25, 0.3) is 0 Å². The number of anilines is 1. The smallest absolute Gasteiger partial charge is 0.316 e. The summed E-state index contributed by atoms with van der Waals surface area (Å²) in [5, 5.41) is 4.13. The van der Waals surface area contributed by atoms with Crippen molar-refractivity contribution in [3.8, 4) is 11.4 Å². The van der Waals surface area contributed by atoms with Crippen molar-refractivity contribution in [2.24, 2.45) is 0 Å². The fraction of sp³-hybridized carbons (Fsp3) is 0.500. The third-order valence-electron chi connectivity index (χ3n) is 5.63. The second-order valence-corrected chi connectivity index (χ2v) is 8.67. The zero-order chi connectivity index (χ0) is 22.0. The number of benzene rings is 1. The zero-order valence-electron chi connectivity index (χ0n) is 16.8. The number of halogens is 2. The van der Waals surface area contributed by atoms with E-state index in [9.17, 15) is 22.3 Å². The predicted molar refractivity (Wildman–Crippen MR) is 110 cm³/mol. The van der Waals surface area contributed by atoms with Crippen molar-refractivity contribution in [1.82, 2.24) is 14.1 Å². The van der Waals surface area contributed by atoms with Crippen molar-refractivity contribution in [1.29, 1.82) is 0 Å². The molecule has 2 aliphatic rings. The van der Waals surface area contributed by atoms with Crippen LogP contribution >= 0.6 is 0 Å². The Morgan fingerprint density at radius 1 is 1.03 bits per heavy atom. The molecular weight excluding hydrogens is 430 g/mol. The minimum atomic E-state index is -2.30. The highest BCUT2D eigenvalue weighted by atomic mass is 32.2. The fourth-order valence-electron chi connectivity index (χ4n) is 4.04. The van der Waals surface area contributed by atoms with Gasteiger partial charge in [0, 0.05) is 43.5 Å². The highest BCUT2D eigenvalue weighted by Gasteiger charge is 2.26. The maximum atomic E-state index is 13.7. The van der Waals surface area contributed by atoms with E-state index in [1.807, 2.05) is 4.90 Å². The highest BCUT2D eigenvalue weighted by molar-refractivity contribution is 7.76. The fourth-order valence-corrected chi connectivity index (χ4v) is 4.50. The van der Waals surface area contributed by atoms with Crippen LogP contribution in [-0.4, -0.2) is 55.1 Å². The molecule has 0 bridgehead atoms. The molecule has 1 aliphatic carbocycles. The van der Waals surface area contributed by atoms with Gasteiger partial charge in [-0.2, -0.15) is 9.78 Å². The van der Waals surface area contributed by atoms with Crippen molar-refractivity contribution in [3.05, 3.63) is 46.4 Å². The van der Waals surface area contributed by atoms with Crippen LogP contribution < -0.4 is 15.2 Å². The number of hydrogen-bond acceptors (Lipinski definition) is 6. The Bertz CT molecular complexity index is 1000. The van der Waals surface area contributed by atoms with E-state index < -0.39 is 28.5 Å². The average Bonchev–Trinajstić information content (AvgIpc) is 2.75. The first-order valence-electron chi connectivity index (χ1n) is 10.3. The predicted octanol–water partition coefficient (Wildman–Crippen LogP) is 2.14. The van der Waals surface area contributed by atoms with E-state index in [1.54, 1.807) is 0 Å². The van der Waals surface area contributed by atoms with Gasteiger partial charge in [-0.1, -0.05) is 6.42 Å². The first-order valence-corrected chi connectivity index (χ1v) is 11.3. The van der Waals surface area contributed by atoms with Gasteiger partial charge in [-0.25, -0.2) is 13.1 Å². The molecule has 1 atom stereocenters. The molecule has 8 nitrogen and oxygen atoms in total. The summed E-state index contributed by atoms with van der Waals surface area (Å²) in [7, 11) is 0. The van der Waals surface area contributed by atoms with Gasteiger partial charge in [-0.15, -0.1) is 0 Å². The summed E-state index contributed by atoms with van der Waals surface area (Å²) in [5.74, 6) is -1.56. The first-order chi connectivity index (χ1) is 14.9. The third kappa shape index (κ3) is 4.94. The average molecular weight is 453 g/mol. The molecule has 1 aromatic heterocycles. The van der Waals surface area contributed by atoms with Crippen LogP contribution in [0.2, 0.25) is 0 Å². The second-order valence-electron chi connectivity index (χ2n) is 7.71. The van der Waals surface area contributed by atoms with Crippen molar-refractivity contribution in [2.75, 3.05) is 31.1 Å². The Balaban J connectivity index is 1.71. The van der Waals surface area contributed by atoms with Gasteiger partial charge < -0.3 is 14.2 Å². The molecule has 1 aliphatic heterocycles. The van der Waals surface area contributed by atoms with Crippen LogP contribution in [-0.2, 0) is 11.3 Å². The molecule has 2 heterocycles. The van der Waals surface area contributed by atoms with Crippen molar-refractivity contribution >= 4 is 17.0 Å². The molecule has 1 unspecified atom stereocenters. The van der Waals surface area contributed by atoms with E-state index in [2.05, 4.69) is 5.10 Å². The van der Waals surface area contributed by atoms with Gasteiger partial charge in [0.05, 0.1) is 18.0 Å². The van der Waals surface area contributed by atoms with E-state index in [0.29, 0.717) is 18.8 Å². The summed E-state index contributed by atoms with van der Waals surface area (Å²) in [4.78, 5) is 15.2. The van der Waals surface area contributed by atoms with Gasteiger partial charge in [0.15, 0.2) is 0 Å². The minimum Gasteiger partial charge on any atom is -0.760 e. The molecule has 1 aromatic carbocycles. The molecular formula is C20H23F2N4O4S-. The lowest BCUT2D eigenvalue weighted by Crippen LogP contribution is -2.47. The summed E-state index contributed by atoms with van der Waals surface area (Å²) in [6.07, 6.45) is 6.06. The van der Waals surface area contributed by atoms with Gasteiger partial charge >= 0.3 is 5.56 Å². The molecule has 1 saturated carbocycles. The number of piperazine rings is 1. The Kier molecular flexibility index (Phi) is 6.63. The minimum absolute atomic E-state index is 0.0332. The van der Waals surface area contributed by atoms with Crippen LogP contribution in [0.1, 0.15) is 32.1 Å². The summed E-state index contributed by atoms with van der Waals surface area (Å²) >= 11 is -2.30. The second kappa shape index (κ2) is 9.41. The zero-order valence-corrected chi connectivity index (χ0v) is 17.7. The topological polar surface area (TPSA) is 90.7 Å². The molecule has 2 aromatic rings. The first kappa shape index (κ1) is 21.8. The summed E-state index contributed by atoms with van der Waals surface area (Å²) in [5.41, 5.74) is -0.183. The molecule has 2 fully saturated rings. The van der Waals surface area contributed by atoms with Crippen LogP contribution in [0.15, 0.2) is 29.2 Å². The monoisotopic (exact) mass is 453 g/mol. The quantitative estimate of drug-likeness (QED) is 0.645. The highest BCUT2D eigenvalue weighted by Crippen LogP contribution is 2.30. The lowest BCUT2D eigenvalue weighted by Gasteiger charge is -2.37. The van der Waals surface area contributed by atoms with Crippen molar-refractivity contribution in [2.45, 2.75) is 38.2 Å². The Morgan fingerprint density at radius 3 is 2.29 bits per heavy atom. The summed E-state index contributed by atoms with van der Waals surface area (Å²) < 4.78 is 58.2. The van der Waals surface area contributed by atoms with Crippen molar-refractivity contribution in [3.63, 3.8) is 0 Å². The maximum absolute atomic E-state index is 13.7. The van der Waals surface area contributed by atoms with Crippen LogP contribution in [0.3, 0.4) is 0 Å². The van der Waals surface area contributed by atoms with Gasteiger partial charge in [0.2, 0.25) is 5.75 Å². The molecule has 0 radical (unpaired) electrons. The van der Waals surface area contributed by atoms with Gasteiger partial charge in [-0.3, -0.25) is 9.00 Å². The van der Waals surface area contributed by atoms with E-state index in [0.717, 1.165) is 55.0 Å². The molecule has 11 heteroatoms. The Hall–Kier alpha value is -2.37. The lowest BCUT2D eigenvalue weighted by atomic mass is 9.98. The Labute approximate surface area is 180 Å². The Morgan fingerprint density at radius 2 is 1.68 bits per heavy atom. The van der Waals surface area contributed by atoms with E-state index in [1.165, 1.54) is 10.5 Å². The number of hydrogen-bond donors (Lipinski definition) is 0. The van der Waals surface area contributed by atoms with Crippen LogP contribution in [0.25, 0.3) is 5.69 Å². The van der Waals surface area contributed by atoms with E-state index in [4.69, 9.17) is 4.74 Å². The molecule has 168 valence electrons. The third-order valence-corrected chi connectivity index (χ3v) is 6.42. The standard InChI is InChI=1S/C20H24F2N4O4S/c21-14-10-15(22)12-16(11-14)26-20(27)19(30-17-4-2-1-3-5-17)18(13-23-26)24-6-8-25(9-7-24)31(28)29/h10-13,17H,1-9H2,(H,28,29)/p-1. The SMILES string of the molecule is O=c1c(OC2CCCCC2)c(N2CCN(S(=O)[O-])CC2)cnn1-c1cc(F)cc(F)c1. The van der Waals surface area contributed by atoms with Crippen molar-refractivity contribution < 1.29 is 22.3 Å². The number of aromatic nitrogens is 2. The summed E-state index contributed by atoms with van der Waals surface area (Å²) in [6, 6.07) is 2.79. The lowest BCUT2D eigenvalue weighted by molar-refractivity contribution is 0.152. The maximum Gasteiger partial charge on any atom is 0.316 e.